The molecule has 0 bridgehead atoms. The van der Waals surface area contributed by atoms with Gasteiger partial charge in [-0.2, -0.15) is 0 Å². The zero-order valence-corrected chi connectivity index (χ0v) is 15.9. The molecular formula is C21H28O6. The molecule has 0 aromatic heterocycles. The van der Waals surface area contributed by atoms with Gasteiger partial charge in [-0.05, 0) is 35.4 Å². The van der Waals surface area contributed by atoms with Crippen LogP contribution in [0.3, 0.4) is 0 Å². The normalized spacial score (nSPS) is 11.4. The molecule has 2 aromatic rings. The van der Waals surface area contributed by atoms with Gasteiger partial charge in [0.1, 0.15) is 38.3 Å². The average molecular weight is 376 g/mol. The molecule has 0 unspecified atom stereocenters. The smallest absolute Gasteiger partial charge is 0.143 e. The highest BCUT2D eigenvalue weighted by Crippen LogP contribution is 2.33. The zero-order chi connectivity index (χ0) is 19.5. The van der Waals surface area contributed by atoms with Gasteiger partial charge in [-0.25, -0.2) is 0 Å². The molecule has 0 saturated carbocycles. The van der Waals surface area contributed by atoms with Crippen molar-refractivity contribution < 1.29 is 29.2 Å². The van der Waals surface area contributed by atoms with E-state index < -0.39 is 0 Å². The fourth-order valence-corrected chi connectivity index (χ4v) is 2.67. The molecule has 148 valence electrons. The van der Waals surface area contributed by atoms with E-state index in [0.717, 1.165) is 11.5 Å². The number of aliphatic hydroxyl groups is 2. The minimum Gasteiger partial charge on any atom is -0.491 e. The van der Waals surface area contributed by atoms with Gasteiger partial charge in [-0.3, -0.25) is 0 Å². The van der Waals surface area contributed by atoms with Gasteiger partial charge < -0.3 is 29.2 Å². The van der Waals surface area contributed by atoms with Crippen molar-refractivity contribution in [1.82, 2.24) is 0 Å². The van der Waals surface area contributed by atoms with Crippen LogP contribution < -0.4 is 9.47 Å². The first-order valence-corrected chi connectivity index (χ1v) is 8.92. The molecule has 0 aliphatic heterocycles. The molecular weight excluding hydrogens is 348 g/mol. The summed E-state index contributed by atoms with van der Waals surface area (Å²) in [5.74, 6) is 1.54. The minimum atomic E-state index is -0.295. The van der Waals surface area contributed by atoms with Crippen molar-refractivity contribution in [1.29, 1.82) is 0 Å². The highest BCUT2D eigenvalue weighted by atomic mass is 16.6. The van der Waals surface area contributed by atoms with Crippen molar-refractivity contribution in [2.45, 2.75) is 19.3 Å². The minimum absolute atomic E-state index is 0.170. The predicted molar refractivity (Wildman–Crippen MR) is 102 cm³/mol. The van der Waals surface area contributed by atoms with Gasteiger partial charge in [0.05, 0.1) is 13.2 Å². The van der Waals surface area contributed by atoms with Crippen LogP contribution in [0.1, 0.15) is 25.0 Å². The monoisotopic (exact) mass is 376 g/mol. The van der Waals surface area contributed by atoms with Crippen LogP contribution in [0.2, 0.25) is 0 Å². The standard InChI is InChI=1S/C21H28O6/c1-21(2,17-3-7-19(8-4-17)26-13-11-24-15-22)18-5-9-20(10-6-18)27-14-12-25-16-23/h3-10,22-23H,11-16H2,1-2H3. The van der Waals surface area contributed by atoms with Gasteiger partial charge in [-0.15, -0.1) is 0 Å². The molecule has 2 aromatic carbocycles. The molecule has 27 heavy (non-hydrogen) atoms. The zero-order valence-electron chi connectivity index (χ0n) is 15.9. The lowest BCUT2D eigenvalue weighted by Gasteiger charge is -2.26. The van der Waals surface area contributed by atoms with E-state index in [1.165, 1.54) is 11.1 Å². The number of rotatable bonds is 12. The molecule has 0 fully saturated rings. The second-order valence-electron chi connectivity index (χ2n) is 6.45. The first kappa shape index (κ1) is 21.2. The van der Waals surface area contributed by atoms with E-state index in [-0.39, 0.29) is 19.0 Å². The Balaban J connectivity index is 1.96. The number of hydrogen-bond acceptors (Lipinski definition) is 6. The third-order valence-corrected chi connectivity index (χ3v) is 4.33. The Morgan fingerprint density at radius 3 is 1.33 bits per heavy atom. The average Bonchev–Trinajstić information content (AvgIpc) is 2.69. The number of aliphatic hydroxyl groups excluding tert-OH is 2. The molecule has 0 aliphatic rings. The van der Waals surface area contributed by atoms with E-state index in [9.17, 15) is 0 Å². The summed E-state index contributed by atoms with van der Waals surface area (Å²) in [6.45, 7) is 5.25. The summed E-state index contributed by atoms with van der Waals surface area (Å²) in [5, 5.41) is 17.2. The van der Waals surface area contributed by atoms with Crippen LogP contribution in [-0.2, 0) is 14.9 Å². The van der Waals surface area contributed by atoms with Crippen molar-refractivity contribution in [2.24, 2.45) is 0 Å². The first-order chi connectivity index (χ1) is 13.1. The van der Waals surface area contributed by atoms with Crippen LogP contribution in [0.15, 0.2) is 48.5 Å². The maximum Gasteiger partial charge on any atom is 0.143 e. The van der Waals surface area contributed by atoms with Crippen molar-refractivity contribution in [3.63, 3.8) is 0 Å². The quantitative estimate of drug-likeness (QED) is 0.438. The molecule has 0 saturated heterocycles. The Hall–Kier alpha value is -2.12. The number of ether oxygens (including phenoxy) is 4. The maximum atomic E-state index is 8.58. The lowest BCUT2D eigenvalue weighted by atomic mass is 9.78. The molecule has 0 heterocycles. The lowest BCUT2D eigenvalue weighted by molar-refractivity contribution is -0.0128. The van der Waals surface area contributed by atoms with E-state index in [1.54, 1.807) is 0 Å². The third-order valence-electron chi connectivity index (χ3n) is 4.33. The van der Waals surface area contributed by atoms with Crippen LogP contribution in [0.5, 0.6) is 11.5 Å². The molecule has 6 nitrogen and oxygen atoms in total. The second-order valence-corrected chi connectivity index (χ2v) is 6.45. The predicted octanol–water partition coefficient (Wildman–Crippen LogP) is 2.70. The number of benzene rings is 2. The summed E-state index contributed by atoms with van der Waals surface area (Å²) in [7, 11) is 0. The van der Waals surface area contributed by atoms with Crippen LogP contribution in [-0.4, -0.2) is 50.2 Å². The van der Waals surface area contributed by atoms with E-state index in [0.29, 0.717) is 26.4 Å². The van der Waals surface area contributed by atoms with E-state index in [1.807, 2.05) is 24.3 Å². The summed E-state index contributed by atoms with van der Waals surface area (Å²) in [6.07, 6.45) is 0. The van der Waals surface area contributed by atoms with Gasteiger partial charge in [0.2, 0.25) is 0 Å². The molecule has 6 heteroatoms. The number of hydrogen-bond donors (Lipinski definition) is 2. The van der Waals surface area contributed by atoms with Crippen LogP contribution >= 0.6 is 0 Å². The van der Waals surface area contributed by atoms with Gasteiger partial charge in [0.15, 0.2) is 0 Å². The lowest BCUT2D eigenvalue weighted by Crippen LogP contribution is -2.18. The second kappa shape index (κ2) is 10.9. The third kappa shape index (κ3) is 6.52. The Kier molecular flexibility index (Phi) is 8.54. The summed E-state index contributed by atoms with van der Waals surface area (Å²) in [6, 6.07) is 16.0. The SMILES string of the molecule is CC(C)(c1ccc(OCCOCO)cc1)c1ccc(OCCOCO)cc1. The van der Waals surface area contributed by atoms with Crippen molar-refractivity contribution in [3.8, 4) is 11.5 Å². The summed E-state index contributed by atoms with van der Waals surface area (Å²) < 4.78 is 20.8. The summed E-state index contributed by atoms with van der Waals surface area (Å²) in [4.78, 5) is 0. The van der Waals surface area contributed by atoms with Crippen molar-refractivity contribution in [2.75, 3.05) is 40.0 Å². The van der Waals surface area contributed by atoms with Crippen LogP contribution in [0, 0.1) is 0 Å². The molecule has 2 N–H and O–H groups in total. The highest BCUT2D eigenvalue weighted by Gasteiger charge is 2.23. The Labute approximate surface area is 160 Å². The fourth-order valence-electron chi connectivity index (χ4n) is 2.67. The summed E-state index contributed by atoms with van der Waals surface area (Å²) >= 11 is 0. The largest absolute Gasteiger partial charge is 0.491 e. The molecule has 0 amide bonds. The van der Waals surface area contributed by atoms with Gasteiger partial charge >= 0.3 is 0 Å². The molecule has 0 radical (unpaired) electrons. The van der Waals surface area contributed by atoms with Crippen molar-refractivity contribution >= 4 is 0 Å². The molecule has 0 aliphatic carbocycles. The van der Waals surface area contributed by atoms with Gasteiger partial charge in [0.25, 0.3) is 0 Å². The molecule has 2 rings (SSSR count). The molecule has 0 atom stereocenters. The summed E-state index contributed by atoms with van der Waals surface area (Å²) in [5.41, 5.74) is 2.18. The fraction of sp³-hybridized carbons (Fsp3) is 0.429. The van der Waals surface area contributed by atoms with E-state index >= 15 is 0 Å². The van der Waals surface area contributed by atoms with Crippen LogP contribution in [0.25, 0.3) is 0 Å². The maximum absolute atomic E-state index is 8.58. The highest BCUT2D eigenvalue weighted by molar-refractivity contribution is 5.41. The molecule has 0 spiro atoms. The van der Waals surface area contributed by atoms with Crippen molar-refractivity contribution in [3.05, 3.63) is 59.7 Å². The van der Waals surface area contributed by atoms with Gasteiger partial charge in [0, 0.05) is 5.41 Å². The van der Waals surface area contributed by atoms with Gasteiger partial charge in [-0.1, -0.05) is 38.1 Å². The van der Waals surface area contributed by atoms with Crippen LogP contribution in [0.4, 0.5) is 0 Å². The Bertz CT molecular complexity index is 594. The first-order valence-electron chi connectivity index (χ1n) is 8.92. The topological polar surface area (TPSA) is 77.4 Å². The Morgan fingerprint density at radius 2 is 1.00 bits per heavy atom. The van der Waals surface area contributed by atoms with E-state index in [4.69, 9.17) is 29.2 Å². The van der Waals surface area contributed by atoms with E-state index in [2.05, 4.69) is 38.1 Å². The Morgan fingerprint density at radius 1 is 0.630 bits per heavy atom.